The molecule has 1 fully saturated rings. The Kier molecular flexibility index (Phi) is 6.11. The standard InChI is InChI=1S/C15H30N2O2/c1-10(2)17(9-13(5)18)15(19)16-14-7-6-11(3)8-12(14)4/h10-14,18H,6-9H2,1-5H3,(H,16,19). The molecule has 0 aliphatic heterocycles. The first-order valence-corrected chi connectivity index (χ1v) is 7.56. The van der Waals surface area contributed by atoms with Gasteiger partial charge < -0.3 is 15.3 Å². The quantitative estimate of drug-likeness (QED) is 0.825. The van der Waals surface area contributed by atoms with Gasteiger partial charge in [-0.15, -0.1) is 0 Å². The number of aliphatic hydroxyl groups excluding tert-OH is 1. The minimum atomic E-state index is -0.489. The highest BCUT2D eigenvalue weighted by Gasteiger charge is 2.28. The van der Waals surface area contributed by atoms with E-state index in [0.717, 1.165) is 12.3 Å². The van der Waals surface area contributed by atoms with Gasteiger partial charge in [0.2, 0.25) is 0 Å². The molecule has 0 saturated heterocycles. The Labute approximate surface area is 117 Å². The van der Waals surface area contributed by atoms with E-state index in [9.17, 15) is 9.90 Å². The summed E-state index contributed by atoms with van der Waals surface area (Å²) in [5, 5.41) is 12.6. The van der Waals surface area contributed by atoms with Crippen molar-refractivity contribution >= 4 is 6.03 Å². The van der Waals surface area contributed by atoms with Crippen LogP contribution in [0.2, 0.25) is 0 Å². The topological polar surface area (TPSA) is 52.6 Å². The van der Waals surface area contributed by atoms with Crippen molar-refractivity contribution in [3.8, 4) is 0 Å². The molecule has 112 valence electrons. The normalized spacial score (nSPS) is 29.1. The zero-order valence-corrected chi connectivity index (χ0v) is 13.0. The van der Waals surface area contributed by atoms with Crippen LogP contribution in [0, 0.1) is 11.8 Å². The zero-order chi connectivity index (χ0) is 14.6. The van der Waals surface area contributed by atoms with E-state index in [2.05, 4.69) is 19.2 Å². The number of amides is 2. The van der Waals surface area contributed by atoms with E-state index in [1.165, 1.54) is 12.8 Å². The molecule has 0 spiro atoms. The predicted molar refractivity (Wildman–Crippen MR) is 78.0 cm³/mol. The molecule has 1 saturated carbocycles. The van der Waals surface area contributed by atoms with Gasteiger partial charge in [0, 0.05) is 18.6 Å². The molecule has 2 amide bonds. The van der Waals surface area contributed by atoms with E-state index in [0.29, 0.717) is 12.5 Å². The largest absolute Gasteiger partial charge is 0.392 e. The third-order valence-corrected chi connectivity index (χ3v) is 4.09. The van der Waals surface area contributed by atoms with Crippen molar-refractivity contribution in [2.45, 2.75) is 72.1 Å². The van der Waals surface area contributed by atoms with Crippen molar-refractivity contribution in [3.05, 3.63) is 0 Å². The number of urea groups is 1. The molecule has 1 aliphatic carbocycles. The Balaban J connectivity index is 2.56. The van der Waals surface area contributed by atoms with Crippen LogP contribution in [0.3, 0.4) is 0 Å². The lowest BCUT2D eigenvalue weighted by Gasteiger charge is -2.36. The summed E-state index contributed by atoms with van der Waals surface area (Å²) in [7, 11) is 0. The molecule has 0 heterocycles. The van der Waals surface area contributed by atoms with Crippen molar-refractivity contribution in [2.24, 2.45) is 11.8 Å². The van der Waals surface area contributed by atoms with Crippen molar-refractivity contribution < 1.29 is 9.90 Å². The summed E-state index contributed by atoms with van der Waals surface area (Å²) in [5.41, 5.74) is 0. The summed E-state index contributed by atoms with van der Waals surface area (Å²) in [6.07, 6.45) is 2.95. The van der Waals surface area contributed by atoms with E-state index in [4.69, 9.17) is 0 Å². The molecular formula is C15H30N2O2. The fraction of sp³-hybridized carbons (Fsp3) is 0.933. The fourth-order valence-electron chi connectivity index (χ4n) is 2.93. The summed E-state index contributed by atoms with van der Waals surface area (Å²) < 4.78 is 0. The number of nitrogens with one attached hydrogen (secondary N) is 1. The van der Waals surface area contributed by atoms with E-state index < -0.39 is 6.10 Å². The Morgan fingerprint density at radius 3 is 2.42 bits per heavy atom. The molecule has 4 unspecified atom stereocenters. The number of hydrogen-bond donors (Lipinski definition) is 2. The highest BCUT2D eigenvalue weighted by atomic mass is 16.3. The van der Waals surface area contributed by atoms with Gasteiger partial charge in [0.15, 0.2) is 0 Å². The molecule has 1 rings (SSSR count). The Morgan fingerprint density at radius 1 is 1.32 bits per heavy atom. The molecule has 0 radical (unpaired) electrons. The number of hydrogen-bond acceptors (Lipinski definition) is 2. The lowest BCUT2D eigenvalue weighted by atomic mass is 9.80. The van der Waals surface area contributed by atoms with Crippen molar-refractivity contribution in [2.75, 3.05) is 6.54 Å². The fourth-order valence-corrected chi connectivity index (χ4v) is 2.93. The summed E-state index contributed by atoms with van der Waals surface area (Å²) in [6.45, 7) is 10.6. The molecular weight excluding hydrogens is 240 g/mol. The second kappa shape index (κ2) is 7.13. The number of nitrogens with zero attached hydrogens (tertiary/aromatic N) is 1. The van der Waals surface area contributed by atoms with Crippen molar-refractivity contribution in [1.29, 1.82) is 0 Å². The number of carbonyl (C=O) groups excluding carboxylic acids is 1. The Morgan fingerprint density at radius 2 is 1.95 bits per heavy atom. The first kappa shape index (κ1) is 16.3. The highest BCUT2D eigenvalue weighted by molar-refractivity contribution is 5.74. The van der Waals surface area contributed by atoms with E-state index >= 15 is 0 Å². The number of carbonyl (C=O) groups is 1. The second-order valence-corrected chi connectivity index (χ2v) is 6.55. The van der Waals surface area contributed by atoms with Crippen LogP contribution in [0.1, 0.15) is 53.9 Å². The molecule has 0 aromatic carbocycles. The lowest BCUT2D eigenvalue weighted by Crippen LogP contribution is -2.52. The maximum atomic E-state index is 12.3. The number of rotatable bonds is 4. The van der Waals surface area contributed by atoms with E-state index in [-0.39, 0.29) is 18.1 Å². The zero-order valence-electron chi connectivity index (χ0n) is 13.0. The minimum Gasteiger partial charge on any atom is -0.392 e. The SMILES string of the molecule is CC(O)CN(C(=O)NC1CCC(C)CC1C)C(C)C. The summed E-state index contributed by atoms with van der Waals surface area (Å²) in [5.74, 6) is 1.30. The first-order valence-electron chi connectivity index (χ1n) is 7.56. The molecule has 0 aromatic rings. The van der Waals surface area contributed by atoms with E-state index in [1.807, 2.05) is 13.8 Å². The minimum absolute atomic E-state index is 0.0395. The third kappa shape index (κ3) is 5.01. The van der Waals surface area contributed by atoms with Gasteiger partial charge in [-0.25, -0.2) is 4.79 Å². The van der Waals surface area contributed by atoms with Gasteiger partial charge in [0.1, 0.15) is 0 Å². The van der Waals surface area contributed by atoms with Gasteiger partial charge in [0.05, 0.1) is 6.10 Å². The van der Waals surface area contributed by atoms with Crippen LogP contribution in [0.5, 0.6) is 0 Å². The van der Waals surface area contributed by atoms with Gasteiger partial charge in [0.25, 0.3) is 0 Å². The van der Waals surface area contributed by atoms with Crippen LogP contribution in [0.15, 0.2) is 0 Å². The molecule has 0 bridgehead atoms. The Hall–Kier alpha value is -0.770. The van der Waals surface area contributed by atoms with Gasteiger partial charge in [-0.3, -0.25) is 0 Å². The molecule has 19 heavy (non-hydrogen) atoms. The smallest absolute Gasteiger partial charge is 0.317 e. The Bertz CT molecular complexity index is 292. The van der Waals surface area contributed by atoms with Crippen molar-refractivity contribution in [3.63, 3.8) is 0 Å². The highest BCUT2D eigenvalue weighted by Crippen LogP contribution is 2.28. The lowest BCUT2D eigenvalue weighted by molar-refractivity contribution is 0.113. The molecule has 0 aromatic heterocycles. The summed E-state index contributed by atoms with van der Waals surface area (Å²) >= 11 is 0. The summed E-state index contributed by atoms with van der Waals surface area (Å²) in [4.78, 5) is 14.0. The summed E-state index contributed by atoms with van der Waals surface area (Å²) in [6, 6.07) is 0.341. The maximum Gasteiger partial charge on any atom is 0.317 e. The van der Waals surface area contributed by atoms with Crippen LogP contribution < -0.4 is 5.32 Å². The molecule has 4 atom stereocenters. The van der Waals surface area contributed by atoms with Crippen LogP contribution in [-0.2, 0) is 0 Å². The molecule has 4 heteroatoms. The van der Waals surface area contributed by atoms with Gasteiger partial charge in [-0.2, -0.15) is 0 Å². The maximum absolute atomic E-state index is 12.3. The van der Waals surface area contributed by atoms with Gasteiger partial charge >= 0.3 is 6.03 Å². The average Bonchev–Trinajstić information content (AvgIpc) is 2.29. The number of aliphatic hydroxyl groups is 1. The molecule has 2 N–H and O–H groups in total. The van der Waals surface area contributed by atoms with Gasteiger partial charge in [-0.1, -0.05) is 13.8 Å². The van der Waals surface area contributed by atoms with Crippen LogP contribution in [0.4, 0.5) is 4.79 Å². The molecule has 1 aliphatic rings. The second-order valence-electron chi connectivity index (χ2n) is 6.55. The first-order chi connectivity index (χ1) is 8.81. The third-order valence-electron chi connectivity index (χ3n) is 4.09. The van der Waals surface area contributed by atoms with Gasteiger partial charge in [-0.05, 0) is 51.9 Å². The average molecular weight is 270 g/mol. The van der Waals surface area contributed by atoms with Crippen LogP contribution >= 0.6 is 0 Å². The molecule has 4 nitrogen and oxygen atoms in total. The van der Waals surface area contributed by atoms with E-state index in [1.54, 1.807) is 11.8 Å². The van der Waals surface area contributed by atoms with Crippen LogP contribution in [0.25, 0.3) is 0 Å². The monoisotopic (exact) mass is 270 g/mol. The predicted octanol–water partition coefficient (Wildman–Crippen LogP) is 2.61. The van der Waals surface area contributed by atoms with Crippen molar-refractivity contribution in [1.82, 2.24) is 10.2 Å². The van der Waals surface area contributed by atoms with Crippen LogP contribution in [-0.4, -0.2) is 40.8 Å².